The quantitative estimate of drug-likeness (QED) is 0.573. The highest BCUT2D eigenvalue weighted by Gasteiger charge is 2.25. The lowest BCUT2D eigenvalue weighted by atomic mass is 9.93. The smallest absolute Gasteiger partial charge is 0.307 e. The van der Waals surface area contributed by atoms with E-state index in [0.717, 1.165) is 24.8 Å². The van der Waals surface area contributed by atoms with Gasteiger partial charge in [0.2, 0.25) is 5.91 Å². The van der Waals surface area contributed by atoms with Crippen molar-refractivity contribution in [3.63, 3.8) is 0 Å². The summed E-state index contributed by atoms with van der Waals surface area (Å²) in [6.45, 7) is 3.01. The van der Waals surface area contributed by atoms with Crippen molar-refractivity contribution in [2.45, 2.75) is 39.2 Å². The van der Waals surface area contributed by atoms with Gasteiger partial charge in [0, 0.05) is 31.4 Å². The summed E-state index contributed by atoms with van der Waals surface area (Å²) in [7, 11) is 0. The Balaban J connectivity index is 2.02. The number of carbonyl (C=O) groups is 2. The zero-order chi connectivity index (χ0) is 16.5. The van der Waals surface area contributed by atoms with Gasteiger partial charge in [-0.1, -0.05) is 18.2 Å². The minimum Gasteiger partial charge on any atom is -0.466 e. The number of nitrogens with zero attached hydrogens (tertiary/aromatic N) is 2. The summed E-state index contributed by atoms with van der Waals surface area (Å²) in [5.41, 5.74) is 0.969. The molecule has 23 heavy (non-hydrogen) atoms. The highest BCUT2D eigenvalue weighted by Crippen LogP contribution is 2.21. The van der Waals surface area contributed by atoms with Crippen LogP contribution in [0.1, 0.15) is 38.2 Å². The molecule has 0 saturated heterocycles. The first-order valence-corrected chi connectivity index (χ1v) is 8.19. The largest absolute Gasteiger partial charge is 0.466 e. The minimum absolute atomic E-state index is 0.0128. The van der Waals surface area contributed by atoms with Crippen molar-refractivity contribution in [2.75, 3.05) is 13.2 Å². The predicted molar refractivity (Wildman–Crippen MR) is 87.4 cm³/mol. The SMILES string of the molecule is CCOC(=O)CCN(Cc1cccnc1)C(=O)[C@@H]1CC=CCC1. The summed E-state index contributed by atoms with van der Waals surface area (Å²) >= 11 is 0. The van der Waals surface area contributed by atoms with Gasteiger partial charge < -0.3 is 9.64 Å². The van der Waals surface area contributed by atoms with Gasteiger partial charge in [-0.25, -0.2) is 0 Å². The Bertz CT molecular complexity index is 542. The van der Waals surface area contributed by atoms with Gasteiger partial charge >= 0.3 is 5.97 Å². The Hall–Kier alpha value is -2.17. The molecule has 0 fully saturated rings. The second-order valence-electron chi connectivity index (χ2n) is 5.66. The van der Waals surface area contributed by atoms with Crippen LogP contribution >= 0.6 is 0 Å². The van der Waals surface area contributed by atoms with Crippen molar-refractivity contribution in [1.29, 1.82) is 0 Å². The average molecular weight is 316 g/mol. The van der Waals surface area contributed by atoms with Gasteiger partial charge in [0.05, 0.1) is 13.0 Å². The summed E-state index contributed by atoms with van der Waals surface area (Å²) in [6.07, 6.45) is 10.5. The fraction of sp³-hybridized carbons (Fsp3) is 0.500. The zero-order valence-electron chi connectivity index (χ0n) is 13.6. The first-order valence-electron chi connectivity index (χ1n) is 8.19. The van der Waals surface area contributed by atoms with Crippen molar-refractivity contribution in [3.8, 4) is 0 Å². The van der Waals surface area contributed by atoms with Crippen LogP contribution in [-0.4, -0.2) is 34.9 Å². The summed E-state index contributed by atoms with van der Waals surface area (Å²) in [5, 5.41) is 0. The van der Waals surface area contributed by atoms with Gasteiger partial charge in [-0.2, -0.15) is 0 Å². The number of hydrogen-bond acceptors (Lipinski definition) is 4. The zero-order valence-corrected chi connectivity index (χ0v) is 13.6. The fourth-order valence-corrected chi connectivity index (χ4v) is 2.71. The van der Waals surface area contributed by atoms with E-state index in [-0.39, 0.29) is 24.2 Å². The highest BCUT2D eigenvalue weighted by molar-refractivity contribution is 5.80. The van der Waals surface area contributed by atoms with E-state index in [4.69, 9.17) is 4.74 Å². The Labute approximate surface area is 137 Å². The van der Waals surface area contributed by atoms with Crippen molar-refractivity contribution in [2.24, 2.45) is 5.92 Å². The monoisotopic (exact) mass is 316 g/mol. The molecule has 0 bridgehead atoms. The molecule has 0 N–H and O–H groups in total. The summed E-state index contributed by atoms with van der Waals surface area (Å²) in [5.74, 6) is -0.138. The molecule has 5 heteroatoms. The van der Waals surface area contributed by atoms with Crippen LogP contribution in [0.4, 0.5) is 0 Å². The van der Waals surface area contributed by atoms with Crippen LogP contribution in [0.2, 0.25) is 0 Å². The van der Waals surface area contributed by atoms with Crippen LogP contribution in [0.25, 0.3) is 0 Å². The molecule has 0 unspecified atom stereocenters. The van der Waals surface area contributed by atoms with Crippen LogP contribution in [0.5, 0.6) is 0 Å². The summed E-state index contributed by atoms with van der Waals surface area (Å²) < 4.78 is 4.97. The molecule has 1 amide bonds. The molecule has 1 aromatic heterocycles. The maximum absolute atomic E-state index is 12.8. The van der Waals surface area contributed by atoms with Gasteiger partial charge in [0.25, 0.3) is 0 Å². The second kappa shape index (κ2) is 9.08. The van der Waals surface area contributed by atoms with E-state index in [2.05, 4.69) is 17.1 Å². The van der Waals surface area contributed by atoms with E-state index in [1.807, 2.05) is 12.1 Å². The lowest BCUT2D eigenvalue weighted by molar-refractivity contribution is -0.144. The highest BCUT2D eigenvalue weighted by atomic mass is 16.5. The van der Waals surface area contributed by atoms with Crippen LogP contribution < -0.4 is 0 Å². The Morgan fingerprint density at radius 3 is 2.91 bits per heavy atom. The van der Waals surface area contributed by atoms with Gasteiger partial charge in [0.1, 0.15) is 0 Å². The van der Waals surface area contributed by atoms with Gasteiger partial charge in [0.15, 0.2) is 0 Å². The van der Waals surface area contributed by atoms with Crippen molar-refractivity contribution in [1.82, 2.24) is 9.88 Å². The lowest BCUT2D eigenvalue weighted by Crippen LogP contribution is -2.37. The van der Waals surface area contributed by atoms with Crippen LogP contribution in [0, 0.1) is 5.92 Å². The Morgan fingerprint density at radius 1 is 1.39 bits per heavy atom. The second-order valence-corrected chi connectivity index (χ2v) is 5.66. The molecule has 0 radical (unpaired) electrons. The van der Waals surface area contributed by atoms with Crippen LogP contribution in [0.15, 0.2) is 36.7 Å². The first-order chi connectivity index (χ1) is 11.2. The van der Waals surface area contributed by atoms with Gasteiger partial charge in [-0.15, -0.1) is 0 Å². The molecular formula is C18H24N2O3. The molecule has 0 spiro atoms. The molecule has 0 aliphatic heterocycles. The molecule has 1 aromatic rings. The third-order valence-corrected chi connectivity index (χ3v) is 3.92. The molecule has 1 heterocycles. The van der Waals surface area contributed by atoms with E-state index in [1.54, 1.807) is 24.2 Å². The number of aromatic nitrogens is 1. The molecule has 1 atom stereocenters. The molecule has 2 rings (SSSR count). The maximum Gasteiger partial charge on any atom is 0.307 e. The molecule has 0 aromatic carbocycles. The van der Waals surface area contributed by atoms with Crippen molar-refractivity contribution < 1.29 is 14.3 Å². The van der Waals surface area contributed by atoms with E-state index in [1.165, 1.54) is 0 Å². The molecule has 5 nitrogen and oxygen atoms in total. The van der Waals surface area contributed by atoms with E-state index >= 15 is 0 Å². The summed E-state index contributed by atoms with van der Waals surface area (Å²) in [4.78, 5) is 30.3. The average Bonchev–Trinajstić information content (AvgIpc) is 2.60. The number of rotatable bonds is 7. The number of hydrogen-bond donors (Lipinski definition) is 0. The van der Waals surface area contributed by atoms with E-state index < -0.39 is 0 Å². The minimum atomic E-state index is -0.264. The number of pyridine rings is 1. The Kier molecular flexibility index (Phi) is 6.78. The van der Waals surface area contributed by atoms with Crippen LogP contribution in [-0.2, 0) is 20.9 Å². The van der Waals surface area contributed by atoms with Crippen LogP contribution in [0.3, 0.4) is 0 Å². The van der Waals surface area contributed by atoms with Gasteiger partial charge in [-0.05, 0) is 37.8 Å². The normalized spacial score (nSPS) is 16.8. The third kappa shape index (κ3) is 5.51. The summed E-state index contributed by atoms with van der Waals surface area (Å²) in [6, 6.07) is 3.80. The van der Waals surface area contributed by atoms with Gasteiger partial charge in [-0.3, -0.25) is 14.6 Å². The standard InChI is InChI=1S/C18H24N2O3/c1-2-23-17(21)10-12-20(14-15-7-6-11-19-13-15)18(22)16-8-4-3-5-9-16/h3-4,6-7,11,13,16H,2,5,8-10,12,14H2,1H3/t16-/m1/s1. The van der Waals surface area contributed by atoms with Crippen molar-refractivity contribution >= 4 is 11.9 Å². The van der Waals surface area contributed by atoms with E-state index in [0.29, 0.717) is 19.7 Å². The number of ether oxygens (including phenoxy) is 1. The molecule has 124 valence electrons. The van der Waals surface area contributed by atoms with E-state index in [9.17, 15) is 9.59 Å². The number of amides is 1. The lowest BCUT2D eigenvalue weighted by Gasteiger charge is -2.28. The topological polar surface area (TPSA) is 59.5 Å². The van der Waals surface area contributed by atoms with Crippen molar-refractivity contribution in [3.05, 3.63) is 42.2 Å². The third-order valence-electron chi connectivity index (χ3n) is 3.92. The molecule has 1 aliphatic rings. The molecular weight excluding hydrogens is 292 g/mol. The number of esters is 1. The maximum atomic E-state index is 12.8. The molecule has 1 aliphatic carbocycles. The Morgan fingerprint density at radius 2 is 2.26 bits per heavy atom. The number of carbonyl (C=O) groups excluding carboxylic acids is 2. The fourth-order valence-electron chi connectivity index (χ4n) is 2.71. The predicted octanol–water partition coefficient (Wildman–Crippen LogP) is 2.72. The first kappa shape index (κ1) is 17.2. The molecule has 0 saturated carbocycles. The number of allylic oxidation sites excluding steroid dienone is 2.